The van der Waals surface area contributed by atoms with Gasteiger partial charge in [0.05, 0.1) is 17.7 Å². The largest absolute Gasteiger partial charge is 0.495 e. The van der Waals surface area contributed by atoms with Crippen molar-refractivity contribution >= 4 is 83.1 Å². The van der Waals surface area contributed by atoms with Crippen LogP contribution in [0.2, 0.25) is 0 Å². The van der Waals surface area contributed by atoms with E-state index in [4.69, 9.17) is 39.5 Å². The summed E-state index contributed by atoms with van der Waals surface area (Å²) in [5.41, 5.74) is 1.99. The molecule has 7 nitrogen and oxygen atoms in total. The van der Waals surface area contributed by atoms with Crippen molar-refractivity contribution in [2.45, 2.75) is 20.6 Å². The molecule has 0 unspecified atom stereocenters. The van der Waals surface area contributed by atoms with Gasteiger partial charge in [-0.3, -0.25) is 4.79 Å². The van der Waals surface area contributed by atoms with E-state index in [0.717, 1.165) is 15.4 Å². The van der Waals surface area contributed by atoms with Crippen molar-refractivity contribution in [3.8, 4) is 5.75 Å². The van der Waals surface area contributed by atoms with E-state index in [1.54, 1.807) is 19.1 Å². The lowest BCUT2D eigenvalue weighted by molar-refractivity contribution is -0.130. The first-order chi connectivity index (χ1) is 15.9. The van der Waals surface area contributed by atoms with E-state index in [2.05, 4.69) is 20.9 Å². The number of amides is 1. The predicted molar refractivity (Wildman–Crippen MR) is 138 cm³/mol. The Bertz CT molecular complexity index is 1360. The molecule has 0 aliphatic carbocycles. The highest BCUT2D eigenvalue weighted by Gasteiger charge is 2.37. The van der Waals surface area contributed by atoms with Crippen LogP contribution in [0.5, 0.6) is 5.75 Å². The second-order valence-corrected chi connectivity index (χ2v) is 13.0. The van der Waals surface area contributed by atoms with Crippen LogP contribution < -0.4 is 9.64 Å². The number of benzene rings is 2. The van der Waals surface area contributed by atoms with Gasteiger partial charge >= 0.3 is 0 Å². The van der Waals surface area contributed by atoms with E-state index in [0.29, 0.717) is 43.2 Å². The van der Waals surface area contributed by atoms with Crippen molar-refractivity contribution in [1.82, 2.24) is 9.88 Å². The SMILES string of the molecule is COc1ccc(S(=O)(=O)c2[nH]c3cc(Br)ccc3c2C)cc1N1CCN(C(=O)C(Cl)(Cl)Cl)CC1. The van der Waals surface area contributed by atoms with Crippen LogP contribution in [-0.4, -0.2) is 61.3 Å². The van der Waals surface area contributed by atoms with Crippen molar-refractivity contribution in [1.29, 1.82) is 0 Å². The Kier molecular flexibility index (Phi) is 7.05. The molecule has 0 radical (unpaired) electrons. The molecular weight excluding hydrogens is 589 g/mol. The van der Waals surface area contributed by atoms with Gasteiger partial charge in [-0.25, -0.2) is 8.42 Å². The topological polar surface area (TPSA) is 82.7 Å². The number of methoxy groups -OCH3 is 1. The highest BCUT2D eigenvalue weighted by atomic mass is 79.9. The normalized spacial score (nSPS) is 15.1. The maximum atomic E-state index is 13.6. The van der Waals surface area contributed by atoms with Crippen LogP contribution >= 0.6 is 50.7 Å². The fraction of sp³-hybridized carbons (Fsp3) is 0.318. The van der Waals surface area contributed by atoms with E-state index in [1.165, 1.54) is 18.1 Å². The number of hydrogen-bond donors (Lipinski definition) is 1. The number of carbonyl (C=O) groups excluding carboxylic acids is 1. The molecule has 0 bridgehead atoms. The lowest BCUT2D eigenvalue weighted by Gasteiger charge is -2.37. The Morgan fingerprint density at radius 2 is 1.76 bits per heavy atom. The first kappa shape index (κ1) is 25.4. The summed E-state index contributed by atoms with van der Waals surface area (Å²) >= 11 is 20.6. The number of hydrogen-bond acceptors (Lipinski definition) is 5. The van der Waals surface area contributed by atoms with Gasteiger partial charge in [-0.2, -0.15) is 0 Å². The number of ether oxygens (including phenoxy) is 1. The van der Waals surface area contributed by atoms with Crippen molar-refractivity contribution in [2.24, 2.45) is 0 Å². The number of piperazine rings is 1. The molecule has 4 rings (SSSR count). The van der Waals surface area contributed by atoms with Gasteiger partial charge in [0, 0.05) is 41.6 Å². The van der Waals surface area contributed by atoms with E-state index >= 15 is 0 Å². The van der Waals surface area contributed by atoms with Gasteiger partial charge in [0.2, 0.25) is 9.84 Å². The third kappa shape index (κ3) is 4.73. The smallest absolute Gasteiger partial charge is 0.274 e. The molecule has 3 aromatic rings. The minimum atomic E-state index is -3.84. The fourth-order valence-electron chi connectivity index (χ4n) is 4.09. The van der Waals surface area contributed by atoms with Crippen LogP contribution in [-0.2, 0) is 14.6 Å². The molecule has 12 heteroatoms. The molecular formula is C22H21BrCl3N3O4S. The predicted octanol–water partition coefficient (Wildman–Crippen LogP) is 5.10. The summed E-state index contributed by atoms with van der Waals surface area (Å²) in [5.74, 6) is -0.0567. The van der Waals surface area contributed by atoms with Gasteiger partial charge in [0.25, 0.3) is 9.70 Å². The standard InChI is InChI=1S/C22H21BrCl3N3O4S/c1-13-16-5-3-14(23)11-17(16)27-20(13)34(31,32)15-4-6-19(33-2)18(12-15)28-7-9-29(10-8-28)21(30)22(24,25)26/h3-6,11-12,27H,7-10H2,1-2H3. The molecule has 2 heterocycles. The van der Waals surface area contributed by atoms with E-state index in [9.17, 15) is 13.2 Å². The van der Waals surface area contributed by atoms with Gasteiger partial charge in [-0.1, -0.05) is 56.8 Å². The molecule has 34 heavy (non-hydrogen) atoms. The number of nitrogens with zero attached hydrogens (tertiary/aromatic N) is 2. The number of aryl methyl sites for hydroxylation is 1. The molecule has 1 fully saturated rings. The highest BCUT2D eigenvalue weighted by Crippen LogP contribution is 2.36. The van der Waals surface area contributed by atoms with Crippen molar-refractivity contribution < 1.29 is 17.9 Å². The minimum Gasteiger partial charge on any atom is -0.495 e. The minimum absolute atomic E-state index is 0.136. The Hall–Kier alpha value is -1.65. The number of H-pyrrole nitrogens is 1. The zero-order valence-corrected chi connectivity index (χ0v) is 22.9. The van der Waals surface area contributed by atoms with Gasteiger partial charge in [0.1, 0.15) is 10.8 Å². The van der Waals surface area contributed by atoms with Crippen LogP contribution in [0.4, 0.5) is 5.69 Å². The number of aromatic amines is 1. The molecule has 1 aromatic heterocycles. The van der Waals surface area contributed by atoms with Crippen molar-refractivity contribution in [3.63, 3.8) is 0 Å². The molecule has 0 saturated carbocycles. The summed E-state index contributed by atoms with van der Waals surface area (Å²) < 4.78 is 31.5. The van der Waals surface area contributed by atoms with Gasteiger partial charge in [-0.05, 0) is 42.8 Å². The van der Waals surface area contributed by atoms with Crippen LogP contribution in [0, 0.1) is 6.92 Å². The molecule has 182 valence electrons. The molecule has 2 aromatic carbocycles. The zero-order chi connectivity index (χ0) is 24.8. The monoisotopic (exact) mass is 607 g/mol. The molecule has 1 aliphatic rings. The molecule has 1 amide bonds. The summed E-state index contributed by atoms with van der Waals surface area (Å²) in [6, 6.07) is 10.4. The average Bonchev–Trinajstić information content (AvgIpc) is 3.13. The number of fused-ring (bicyclic) bond motifs is 1. The second kappa shape index (κ2) is 9.43. The number of carbonyl (C=O) groups is 1. The number of anilines is 1. The summed E-state index contributed by atoms with van der Waals surface area (Å²) in [5, 5.41) is 0.986. The molecule has 1 aliphatic heterocycles. The molecule has 1 N–H and O–H groups in total. The van der Waals surface area contributed by atoms with Crippen LogP contribution in [0.15, 0.2) is 50.8 Å². The lowest BCUT2D eigenvalue weighted by atomic mass is 10.2. The van der Waals surface area contributed by atoms with E-state index in [1.807, 2.05) is 23.1 Å². The quantitative estimate of drug-likeness (QED) is 0.417. The number of halogens is 4. The van der Waals surface area contributed by atoms with E-state index in [-0.39, 0.29) is 9.92 Å². The Labute approximate surface area is 220 Å². The fourth-order valence-corrected chi connectivity index (χ4v) is 6.31. The zero-order valence-electron chi connectivity index (χ0n) is 18.2. The number of aromatic nitrogens is 1. The second-order valence-electron chi connectivity index (χ2n) is 7.88. The average molecular weight is 610 g/mol. The maximum Gasteiger partial charge on any atom is 0.274 e. The van der Waals surface area contributed by atoms with Gasteiger partial charge in [0.15, 0.2) is 0 Å². The Morgan fingerprint density at radius 1 is 1.09 bits per heavy atom. The first-order valence-electron chi connectivity index (χ1n) is 10.3. The van der Waals surface area contributed by atoms with Gasteiger partial charge < -0.3 is 19.5 Å². The van der Waals surface area contributed by atoms with Gasteiger partial charge in [-0.15, -0.1) is 0 Å². The summed E-state index contributed by atoms with van der Waals surface area (Å²) in [6.07, 6.45) is 0. The third-order valence-electron chi connectivity index (χ3n) is 5.85. The van der Waals surface area contributed by atoms with Crippen LogP contribution in [0.1, 0.15) is 5.56 Å². The summed E-state index contributed by atoms with van der Waals surface area (Å²) in [4.78, 5) is 18.9. The number of rotatable bonds is 4. The number of nitrogens with one attached hydrogen (secondary N) is 1. The first-order valence-corrected chi connectivity index (χ1v) is 13.7. The summed E-state index contributed by atoms with van der Waals surface area (Å²) in [7, 11) is -2.32. The highest BCUT2D eigenvalue weighted by molar-refractivity contribution is 9.10. The third-order valence-corrected chi connectivity index (χ3v) is 8.65. The van der Waals surface area contributed by atoms with E-state index < -0.39 is 19.5 Å². The molecule has 1 saturated heterocycles. The van der Waals surface area contributed by atoms with Crippen LogP contribution in [0.3, 0.4) is 0 Å². The molecule has 0 atom stereocenters. The lowest BCUT2D eigenvalue weighted by Crippen LogP contribution is -2.51. The Balaban J connectivity index is 1.67. The maximum absolute atomic E-state index is 13.6. The molecule has 0 spiro atoms. The number of sulfone groups is 1. The summed E-state index contributed by atoms with van der Waals surface area (Å²) in [6.45, 7) is 3.27. The van der Waals surface area contributed by atoms with Crippen molar-refractivity contribution in [3.05, 3.63) is 46.4 Å². The number of alkyl halides is 3. The van der Waals surface area contributed by atoms with Crippen LogP contribution in [0.25, 0.3) is 10.9 Å². The van der Waals surface area contributed by atoms with Crippen molar-refractivity contribution in [2.75, 3.05) is 38.2 Å². The Morgan fingerprint density at radius 3 is 2.38 bits per heavy atom.